The lowest BCUT2D eigenvalue weighted by Crippen LogP contribution is -2.20. The van der Waals surface area contributed by atoms with E-state index in [1.807, 2.05) is 47.2 Å². The molecule has 0 heterocycles. The second-order valence-electron chi connectivity index (χ2n) is 6.42. The van der Waals surface area contributed by atoms with Crippen LogP contribution in [0.1, 0.15) is 51.2 Å². The van der Waals surface area contributed by atoms with Crippen LogP contribution < -0.4 is 11.5 Å². The van der Waals surface area contributed by atoms with Gasteiger partial charge in [-0.3, -0.25) is 0 Å². The molecule has 0 spiro atoms. The Bertz CT molecular complexity index is 672. The Hall–Kier alpha value is -0.990. The van der Waals surface area contributed by atoms with E-state index < -0.39 is 0 Å². The summed E-state index contributed by atoms with van der Waals surface area (Å²) >= 11 is 1.84. The van der Waals surface area contributed by atoms with Gasteiger partial charge in [-0.2, -0.15) is 0 Å². The normalized spacial score (nSPS) is 13.2. The molecule has 2 rings (SSSR count). The van der Waals surface area contributed by atoms with Gasteiger partial charge in [-0.15, -0.1) is 9.80 Å². The van der Waals surface area contributed by atoms with E-state index in [0.717, 1.165) is 49.2 Å². The summed E-state index contributed by atoms with van der Waals surface area (Å²) in [6, 6.07) is 5.07. The third kappa shape index (κ3) is 9.01. The van der Waals surface area contributed by atoms with E-state index in [9.17, 15) is 4.39 Å². The molecule has 0 fully saturated rings. The van der Waals surface area contributed by atoms with E-state index in [1.165, 1.54) is 23.4 Å². The first-order chi connectivity index (χ1) is 13.5. The molecule has 6 heteroatoms. The van der Waals surface area contributed by atoms with Crippen LogP contribution in [0.2, 0.25) is 0 Å². The van der Waals surface area contributed by atoms with Crippen molar-refractivity contribution in [2.75, 3.05) is 20.1 Å². The van der Waals surface area contributed by atoms with Gasteiger partial charge >= 0.3 is 0 Å². The number of nitrogens with two attached hydrogens (primary N) is 2. The van der Waals surface area contributed by atoms with Gasteiger partial charge in [0.2, 0.25) is 0 Å². The van der Waals surface area contributed by atoms with E-state index in [4.69, 9.17) is 11.5 Å². The summed E-state index contributed by atoms with van der Waals surface area (Å²) in [6.07, 6.45) is 8.68. The fraction of sp³-hybridized carbons (Fsp3) is 0.455. The number of rotatable bonds is 8. The maximum absolute atomic E-state index is 13.6. The Morgan fingerprint density at radius 2 is 1.96 bits per heavy atom. The molecule has 0 aliphatic heterocycles. The number of thiol groups is 1. The molecule has 1 aliphatic rings. The standard InChI is InChI=1S/C20H28FN3.C2H6.HIS/c1-3-10-24(2)11-8-15-12-16-13-17(21)6-7-19(16)20(15)14-18(23)5-4-9-22;2*1-2/h4-7,9,13H,3,8,10-12,14,22-23H2,1-2H3;1-2H3;2H/b9-4-,18-5-;;. The Morgan fingerprint density at radius 3 is 2.57 bits per heavy atom. The third-order valence-electron chi connectivity index (χ3n) is 4.43. The predicted molar refractivity (Wildman–Crippen MR) is 134 cm³/mol. The monoisotopic (exact) mass is 519 g/mol. The SMILES string of the molecule is CC.CCCN(C)CCC1=C(C/C(N)=C/C=C\N)c2ccc(F)cc2C1.SI. The van der Waals surface area contributed by atoms with Gasteiger partial charge in [0.05, 0.1) is 0 Å². The number of nitrogens with zero attached hydrogens (tertiary/aromatic N) is 1. The largest absolute Gasteiger partial charge is 0.405 e. The lowest BCUT2D eigenvalue weighted by atomic mass is 9.99. The first-order valence-electron chi connectivity index (χ1n) is 9.73. The molecule has 158 valence electrons. The maximum atomic E-state index is 13.6. The Morgan fingerprint density at radius 1 is 1.29 bits per heavy atom. The molecule has 0 unspecified atom stereocenters. The molecule has 0 amide bonds. The highest BCUT2D eigenvalue weighted by Gasteiger charge is 2.22. The molecule has 0 aromatic heterocycles. The van der Waals surface area contributed by atoms with E-state index >= 15 is 0 Å². The summed E-state index contributed by atoms with van der Waals surface area (Å²) in [5, 5.41) is 0. The van der Waals surface area contributed by atoms with E-state index in [0.29, 0.717) is 6.42 Å². The molecule has 28 heavy (non-hydrogen) atoms. The van der Waals surface area contributed by atoms with Gasteiger partial charge in [-0.1, -0.05) is 32.4 Å². The third-order valence-corrected chi connectivity index (χ3v) is 4.43. The zero-order chi connectivity index (χ0) is 21.5. The topological polar surface area (TPSA) is 55.3 Å². The van der Waals surface area contributed by atoms with Crippen molar-refractivity contribution >= 4 is 36.6 Å². The summed E-state index contributed by atoms with van der Waals surface area (Å²) in [5.74, 6) is -0.174. The molecule has 1 aromatic carbocycles. The van der Waals surface area contributed by atoms with Crippen molar-refractivity contribution in [2.45, 2.75) is 46.5 Å². The summed E-state index contributed by atoms with van der Waals surface area (Å²) in [5.41, 5.74) is 17.1. The van der Waals surface area contributed by atoms with Crippen LogP contribution in [0.3, 0.4) is 0 Å². The lowest BCUT2D eigenvalue weighted by Gasteiger charge is -2.16. The number of hydrogen-bond donors (Lipinski definition) is 3. The van der Waals surface area contributed by atoms with Crippen molar-refractivity contribution in [3.63, 3.8) is 0 Å². The number of benzene rings is 1. The van der Waals surface area contributed by atoms with Crippen LogP contribution in [0.15, 0.2) is 47.8 Å². The molecular formula is C22H35FIN3S. The van der Waals surface area contributed by atoms with E-state index in [-0.39, 0.29) is 5.82 Å². The summed E-state index contributed by atoms with van der Waals surface area (Å²) in [4.78, 5) is 2.34. The van der Waals surface area contributed by atoms with Gasteiger partial charge in [-0.25, -0.2) is 4.39 Å². The van der Waals surface area contributed by atoms with Gasteiger partial charge in [0.1, 0.15) is 5.82 Å². The van der Waals surface area contributed by atoms with Crippen molar-refractivity contribution in [2.24, 2.45) is 11.5 Å². The first-order valence-corrected chi connectivity index (χ1v) is 13.0. The minimum absolute atomic E-state index is 0.174. The van der Waals surface area contributed by atoms with Crippen LogP contribution in [0.25, 0.3) is 5.57 Å². The molecule has 3 nitrogen and oxygen atoms in total. The smallest absolute Gasteiger partial charge is 0.123 e. The molecule has 0 bridgehead atoms. The quantitative estimate of drug-likeness (QED) is 0.229. The van der Waals surface area contributed by atoms with Gasteiger partial charge in [0.15, 0.2) is 0 Å². The molecule has 0 saturated heterocycles. The zero-order valence-corrected chi connectivity index (χ0v) is 20.6. The molecular weight excluding hydrogens is 484 g/mol. The van der Waals surface area contributed by atoms with Crippen LogP contribution in [0.4, 0.5) is 4.39 Å². The predicted octanol–water partition coefficient (Wildman–Crippen LogP) is 5.86. The van der Waals surface area contributed by atoms with Crippen molar-refractivity contribution in [1.29, 1.82) is 0 Å². The fourth-order valence-corrected chi connectivity index (χ4v) is 3.25. The van der Waals surface area contributed by atoms with Crippen LogP contribution >= 0.6 is 31.0 Å². The van der Waals surface area contributed by atoms with Crippen LogP contribution in [-0.4, -0.2) is 25.0 Å². The Balaban J connectivity index is 0.00000171. The van der Waals surface area contributed by atoms with Crippen molar-refractivity contribution in [3.05, 3.63) is 64.8 Å². The minimum atomic E-state index is -0.174. The van der Waals surface area contributed by atoms with Gasteiger partial charge in [-0.05, 0) is 101 Å². The Labute approximate surface area is 188 Å². The molecule has 1 aromatic rings. The second-order valence-corrected chi connectivity index (χ2v) is 6.42. The van der Waals surface area contributed by atoms with Crippen LogP contribution in [0.5, 0.6) is 0 Å². The average molecular weight is 520 g/mol. The van der Waals surface area contributed by atoms with Crippen molar-refractivity contribution in [1.82, 2.24) is 4.90 Å². The van der Waals surface area contributed by atoms with Crippen molar-refractivity contribution < 1.29 is 4.39 Å². The van der Waals surface area contributed by atoms with Gasteiger partial charge < -0.3 is 16.4 Å². The van der Waals surface area contributed by atoms with E-state index in [2.05, 4.69) is 28.7 Å². The number of fused-ring (bicyclic) bond motifs is 1. The molecule has 0 atom stereocenters. The maximum Gasteiger partial charge on any atom is 0.123 e. The first kappa shape index (κ1) is 27.0. The van der Waals surface area contributed by atoms with Gasteiger partial charge in [0, 0.05) is 18.7 Å². The number of halogens is 2. The highest BCUT2D eigenvalue weighted by atomic mass is 127. The molecule has 0 radical (unpaired) electrons. The molecule has 0 saturated carbocycles. The number of allylic oxidation sites excluding steroid dienone is 3. The highest BCUT2D eigenvalue weighted by molar-refractivity contribution is 14.2. The second kappa shape index (κ2) is 15.9. The zero-order valence-electron chi connectivity index (χ0n) is 17.5. The lowest BCUT2D eigenvalue weighted by molar-refractivity contribution is 0.338. The summed E-state index contributed by atoms with van der Waals surface area (Å²) in [7, 11) is 5.64. The Kier molecular flexibility index (Phi) is 15.3. The fourth-order valence-electron chi connectivity index (χ4n) is 3.25. The van der Waals surface area contributed by atoms with Crippen LogP contribution in [0, 0.1) is 5.82 Å². The summed E-state index contributed by atoms with van der Waals surface area (Å²) in [6.45, 7) is 8.29. The average Bonchev–Trinajstić information content (AvgIpc) is 3.04. The number of hydrogen-bond acceptors (Lipinski definition) is 4. The van der Waals surface area contributed by atoms with Gasteiger partial charge in [0.25, 0.3) is 0 Å². The molecule has 1 aliphatic carbocycles. The highest BCUT2D eigenvalue weighted by Crippen LogP contribution is 2.38. The van der Waals surface area contributed by atoms with Crippen molar-refractivity contribution in [3.8, 4) is 0 Å². The minimum Gasteiger partial charge on any atom is -0.405 e. The molecule has 4 N–H and O–H groups in total. The summed E-state index contributed by atoms with van der Waals surface area (Å²) < 4.78 is 13.6. The van der Waals surface area contributed by atoms with Crippen LogP contribution in [-0.2, 0) is 6.42 Å². The van der Waals surface area contributed by atoms with E-state index in [1.54, 1.807) is 12.1 Å².